The molecule has 1 aliphatic heterocycles. The largest absolute Gasteiger partial charge is 0.395 e. The van der Waals surface area contributed by atoms with Crippen molar-refractivity contribution in [2.75, 3.05) is 54.4 Å². The van der Waals surface area contributed by atoms with E-state index in [4.69, 9.17) is 9.97 Å². The van der Waals surface area contributed by atoms with Gasteiger partial charge in [0.1, 0.15) is 5.82 Å². The molecule has 0 unspecified atom stereocenters. The van der Waals surface area contributed by atoms with Crippen LogP contribution in [0.3, 0.4) is 0 Å². The van der Waals surface area contributed by atoms with E-state index in [9.17, 15) is 5.11 Å². The van der Waals surface area contributed by atoms with Gasteiger partial charge in [0, 0.05) is 45.0 Å². The Balaban J connectivity index is 1.60. The lowest BCUT2D eigenvalue weighted by molar-refractivity contribution is 0.311. The van der Waals surface area contributed by atoms with Crippen LogP contribution in [0.5, 0.6) is 0 Å². The van der Waals surface area contributed by atoms with Crippen LogP contribution < -0.4 is 15.1 Å². The second-order valence-corrected chi connectivity index (χ2v) is 7.10. The van der Waals surface area contributed by atoms with Gasteiger partial charge in [-0.3, -0.25) is 0 Å². The van der Waals surface area contributed by atoms with Crippen molar-refractivity contribution < 1.29 is 5.11 Å². The van der Waals surface area contributed by atoms with Gasteiger partial charge in [0.15, 0.2) is 17.0 Å². The first-order valence-electron chi connectivity index (χ1n) is 9.67. The van der Waals surface area contributed by atoms with Crippen LogP contribution in [0, 0.1) is 0 Å². The summed E-state index contributed by atoms with van der Waals surface area (Å²) in [5.41, 5.74) is 1.55. The number of fused-ring (bicyclic) bond motifs is 1. The molecule has 1 fully saturated rings. The summed E-state index contributed by atoms with van der Waals surface area (Å²) in [7, 11) is 0. The fourth-order valence-corrected chi connectivity index (χ4v) is 3.40. The van der Waals surface area contributed by atoms with Crippen molar-refractivity contribution >= 4 is 28.7 Å². The second kappa shape index (κ2) is 7.97. The lowest BCUT2D eigenvalue weighted by Gasteiger charge is -2.35. The molecule has 0 radical (unpaired) electrons. The van der Waals surface area contributed by atoms with Crippen LogP contribution in [-0.2, 0) is 0 Å². The Kier molecular flexibility index (Phi) is 5.25. The average molecular weight is 382 g/mol. The molecular formula is C19H26N8O. The molecule has 1 aliphatic rings. The average Bonchev–Trinajstić information content (AvgIpc) is 3.17. The number of pyridine rings is 1. The van der Waals surface area contributed by atoms with E-state index >= 15 is 0 Å². The lowest BCUT2D eigenvalue weighted by Crippen LogP contribution is -2.47. The second-order valence-electron chi connectivity index (χ2n) is 7.10. The molecule has 0 spiro atoms. The maximum absolute atomic E-state index is 9.20. The number of anilines is 3. The predicted octanol–water partition coefficient (Wildman–Crippen LogP) is 1.53. The fourth-order valence-electron chi connectivity index (χ4n) is 3.40. The molecule has 0 bridgehead atoms. The standard InChI is InChI=1S/C19H26N8O/c1-14(2)27-13-22-16-17(21-7-12-28)23-19(24-18(16)27)26-10-8-25(9-11-26)15-5-3-4-6-20-15/h3-6,13-14,28H,7-12H2,1-2H3,(H,21,23,24). The van der Waals surface area contributed by atoms with Crippen LogP contribution in [0.25, 0.3) is 11.2 Å². The number of aliphatic hydroxyl groups is 1. The Hall–Kier alpha value is -2.94. The van der Waals surface area contributed by atoms with Gasteiger partial charge in [0.25, 0.3) is 0 Å². The molecule has 0 aliphatic carbocycles. The lowest BCUT2D eigenvalue weighted by atomic mass is 10.3. The molecule has 148 valence electrons. The zero-order valence-electron chi connectivity index (χ0n) is 16.3. The molecule has 4 rings (SSSR count). The first-order chi connectivity index (χ1) is 13.7. The van der Waals surface area contributed by atoms with Crippen molar-refractivity contribution in [2.24, 2.45) is 0 Å². The normalized spacial score (nSPS) is 14.9. The zero-order chi connectivity index (χ0) is 19.5. The predicted molar refractivity (Wildman–Crippen MR) is 110 cm³/mol. The van der Waals surface area contributed by atoms with Gasteiger partial charge in [-0.05, 0) is 26.0 Å². The minimum atomic E-state index is 0.0362. The Morgan fingerprint density at radius 2 is 1.86 bits per heavy atom. The minimum absolute atomic E-state index is 0.0362. The highest BCUT2D eigenvalue weighted by Crippen LogP contribution is 2.25. The monoisotopic (exact) mass is 382 g/mol. The summed E-state index contributed by atoms with van der Waals surface area (Å²) in [6.45, 7) is 8.03. The summed E-state index contributed by atoms with van der Waals surface area (Å²) in [5.74, 6) is 2.36. The Morgan fingerprint density at radius 3 is 2.54 bits per heavy atom. The number of nitrogens with one attached hydrogen (secondary N) is 1. The van der Waals surface area contributed by atoms with Crippen LogP contribution in [-0.4, -0.2) is 68.9 Å². The Morgan fingerprint density at radius 1 is 1.07 bits per heavy atom. The van der Waals surface area contributed by atoms with Gasteiger partial charge in [-0.1, -0.05) is 6.07 Å². The molecule has 3 aromatic rings. The smallest absolute Gasteiger partial charge is 0.229 e. The number of aliphatic hydroxyl groups excluding tert-OH is 1. The minimum Gasteiger partial charge on any atom is -0.395 e. The third-order valence-corrected chi connectivity index (χ3v) is 4.91. The van der Waals surface area contributed by atoms with Crippen molar-refractivity contribution in [2.45, 2.75) is 19.9 Å². The number of aromatic nitrogens is 5. The quantitative estimate of drug-likeness (QED) is 0.663. The van der Waals surface area contributed by atoms with Crippen LogP contribution in [0.2, 0.25) is 0 Å². The molecule has 1 saturated heterocycles. The summed E-state index contributed by atoms with van der Waals surface area (Å²) in [6.07, 6.45) is 3.63. The van der Waals surface area contributed by atoms with Crippen molar-refractivity contribution in [3.8, 4) is 0 Å². The van der Waals surface area contributed by atoms with Gasteiger partial charge in [0.2, 0.25) is 5.95 Å². The SMILES string of the molecule is CC(C)n1cnc2c(NCCO)nc(N3CCN(c4ccccn4)CC3)nc21. The molecule has 0 amide bonds. The highest BCUT2D eigenvalue weighted by molar-refractivity contribution is 5.84. The maximum Gasteiger partial charge on any atom is 0.229 e. The van der Waals surface area contributed by atoms with E-state index < -0.39 is 0 Å². The van der Waals surface area contributed by atoms with E-state index in [1.807, 2.05) is 24.4 Å². The molecule has 0 aromatic carbocycles. The maximum atomic E-state index is 9.20. The summed E-state index contributed by atoms with van der Waals surface area (Å²) < 4.78 is 2.05. The third-order valence-electron chi connectivity index (χ3n) is 4.91. The molecular weight excluding hydrogens is 356 g/mol. The summed E-state index contributed by atoms with van der Waals surface area (Å²) >= 11 is 0. The number of rotatable bonds is 6. The summed E-state index contributed by atoms with van der Waals surface area (Å²) in [5, 5.41) is 12.4. The van der Waals surface area contributed by atoms with E-state index in [0.717, 1.165) is 43.2 Å². The van der Waals surface area contributed by atoms with E-state index in [2.05, 4.69) is 43.5 Å². The van der Waals surface area contributed by atoms with Crippen LogP contribution in [0.4, 0.5) is 17.6 Å². The van der Waals surface area contributed by atoms with Gasteiger partial charge in [-0.15, -0.1) is 0 Å². The van der Waals surface area contributed by atoms with Gasteiger partial charge < -0.3 is 24.8 Å². The zero-order valence-corrected chi connectivity index (χ0v) is 16.3. The number of hydrogen-bond acceptors (Lipinski definition) is 8. The van der Waals surface area contributed by atoms with Gasteiger partial charge in [-0.25, -0.2) is 9.97 Å². The van der Waals surface area contributed by atoms with Gasteiger partial charge >= 0.3 is 0 Å². The summed E-state index contributed by atoms with van der Waals surface area (Å²) in [4.78, 5) is 22.9. The molecule has 3 aromatic heterocycles. The van der Waals surface area contributed by atoms with Crippen LogP contribution in [0.15, 0.2) is 30.7 Å². The molecule has 28 heavy (non-hydrogen) atoms. The topological polar surface area (TPSA) is 95.2 Å². The van der Waals surface area contributed by atoms with Crippen molar-refractivity contribution in [3.05, 3.63) is 30.7 Å². The number of piperazine rings is 1. The molecule has 0 atom stereocenters. The fraction of sp³-hybridized carbons (Fsp3) is 0.474. The number of imidazole rings is 1. The number of hydrogen-bond donors (Lipinski definition) is 2. The molecule has 0 saturated carbocycles. The van der Waals surface area contributed by atoms with E-state index in [0.29, 0.717) is 18.3 Å². The Bertz CT molecular complexity index is 918. The summed E-state index contributed by atoms with van der Waals surface area (Å²) in [6, 6.07) is 6.23. The highest BCUT2D eigenvalue weighted by atomic mass is 16.3. The molecule has 9 heteroatoms. The molecule has 9 nitrogen and oxygen atoms in total. The third kappa shape index (κ3) is 3.57. The van der Waals surface area contributed by atoms with E-state index in [1.165, 1.54) is 0 Å². The number of nitrogens with zero attached hydrogens (tertiary/aromatic N) is 7. The van der Waals surface area contributed by atoms with Crippen LogP contribution in [0.1, 0.15) is 19.9 Å². The van der Waals surface area contributed by atoms with Crippen LogP contribution >= 0.6 is 0 Å². The molecule has 2 N–H and O–H groups in total. The highest BCUT2D eigenvalue weighted by Gasteiger charge is 2.22. The van der Waals surface area contributed by atoms with Crippen molar-refractivity contribution in [1.29, 1.82) is 0 Å². The van der Waals surface area contributed by atoms with Crippen molar-refractivity contribution in [1.82, 2.24) is 24.5 Å². The Labute approximate surface area is 164 Å². The van der Waals surface area contributed by atoms with Gasteiger partial charge in [-0.2, -0.15) is 9.97 Å². The van der Waals surface area contributed by atoms with E-state index in [1.54, 1.807) is 6.33 Å². The van der Waals surface area contributed by atoms with E-state index in [-0.39, 0.29) is 12.6 Å². The van der Waals surface area contributed by atoms with Crippen molar-refractivity contribution in [3.63, 3.8) is 0 Å². The molecule has 4 heterocycles. The van der Waals surface area contributed by atoms with Gasteiger partial charge in [0.05, 0.1) is 12.9 Å². The first-order valence-corrected chi connectivity index (χ1v) is 9.67. The first kappa shape index (κ1) is 18.4.